The molecule has 0 unspecified atom stereocenters. The fraction of sp³-hybridized carbons (Fsp3) is 0. The summed E-state index contributed by atoms with van der Waals surface area (Å²) < 4.78 is 0. The van der Waals surface area contributed by atoms with Crippen LogP contribution in [0.5, 0.6) is 0 Å². The molecule has 0 N–H and O–H groups in total. The van der Waals surface area contributed by atoms with Gasteiger partial charge in [0.1, 0.15) is 0 Å². The van der Waals surface area contributed by atoms with Crippen molar-refractivity contribution in [1.29, 1.82) is 0 Å². The lowest BCUT2D eigenvalue weighted by Crippen LogP contribution is -2.51. The van der Waals surface area contributed by atoms with Crippen molar-refractivity contribution in [1.82, 2.24) is 0 Å². The standard InChI is InChI=1S/C18H15Si.ClH/c1-4-10-16(11-5-1)19(17-12-6-2-7-13-17)18-14-8-3-9-15-18;/h1-15H;1H. The lowest BCUT2D eigenvalue weighted by atomic mass is 10.3. The molecule has 0 aromatic heterocycles. The van der Waals surface area contributed by atoms with Crippen LogP contribution in [0.3, 0.4) is 0 Å². The highest BCUT2D eigenvalue weighted by Gasteiger charge is 2.18. The van der Waals surface area contributed by atoms with Crippen molar-refractivity contribution in [2.75, 3.05) is 0 Å². The van der Waals surface area contributed by atoms with Gasteiger partial charge in [0.25, 0.3) is 0 Å². The first-order valence-corrected chi connectivity index (χ1v) is 7.98. The van der Waals surface area contributed by atoms with E-state index in [-0.39, 0.29) is 12.4 Å². The average molecular weight is 296 g/mol. The topological polar surface area (TPSA) is 0 Å². The zero-order valence-corrected chi connectivity index (χ0v) is 12.9. The predicted octanol–water partition coefficient (Wildman–Crippen LogP) is 2.62. The lowest BCUT2D eigenvalue weighted by molar-refractivity contribution is 1.71. The van der Waals surface area contributed by atoms with Gasteiger partial charge in [-0.3, -0.25) is 0 Å². The summed E-state index contributed by atoms with van der Waals surface area (Å²) in [5.41, 5.74) is 0. The Morgan fingerprint density at radius 1 is 0.400 bits per heavy atom. The van der Waals surface area contributed by atoms with E-state index in [9.17, 15) is 0 Å². The SMILES string of the molecule is Cl.c1ccc([Si](c2ccccc2)c2ccccc2)cc1. The van der Waals surface area contributed by atoms with Gasteiger partial charge in [0.05, 0.1) is 0 Å². The first-order valence-electron chi connectivity index (χ1n) is 6.48. The monoisotopic (exact) mass is 295 g/mol. The van der Waals surface area contributed by atoms with Crippen molar-refractivity contribution in [3.8, 4) is 0 Å². The maximum atomic E-state index is 2.24. The molecular formula is C18H16ClSi. The molecular weight excluding hydrogens is 280 g/mol. The van der Waals surface area contributed by atoms with Crippen LogP contribution in [-0.4, -0.2) is 8.80 Å². The molecule has 1 radical (unpaired) electrons. The van der Waals surface area contributed by atoms with Gasteiger partial charge < -0.3 is 0 Å². The zero-order valence-electron chi connectivity index (χ0n) is 11.1. The molecule has 0 spiro atoms. The van der Waals surface area contributed by atoms with Crippen molar-refractivity contribution < 1.29 is 0 Å². The van der Waals surface area contributed by atoms with Crippen LogP contribution in [0.15, 0.2) is 91.0 Å². The fourth-order valence-corrected chi connectivity index (χ4v) is 4.89. The minimum absolute atomic E-state index is 0. The van der Waals surface area contributed by atoms with Crippen molar-refractivity contribution in [3.05, 3.63) is 91.0 Å². The summed E-state index contributed by atoms with van der Waals surface area (Å²) in [6.07, 6.45) is 0. The Balaban J connectivity index is 0.00000147. The molecule has 0 fully saturated rings. The molecule has 3 rings (SSSR count). The molecule has 0 bridgehead atoms. The second kappa shape index (κ2) is 7.08. The maximum Gasteiger partial charge on any atom is 0.154 e. The Labute approximate surface area is 128 Å². The number of rotatable bonds is 3. The van der Waals surface area contributed by atoms with Crippen LogP contribution in [0.1, 0.15) is 0 Å². The normalized spacial score (nSPS) is 10.1. The smallest absolute Gasteiger partial charge is 0.147 e. The van der Waals surface area contributed by atoms with E-state index < -0.39 is 8.80 Å². The van der Waals surface area contributed by atoms with E-state index in [0.29, 0.717) is 0 Å². The summed E-state index contributed by atoms with van der Waals surface area (Å²) in [5, 5.41) is 4.31. The molecule has 0 amide bonds. The van der Waals surface area contributed by atoms with Gasteiger partial charge >= 0.3 is 0 Å². The third-order valence-electron chi connectivity index (χ3n) is 3.19. The molecule has 99 valence electrons. The molecule has 0 saturated carbocycles. The molecule has 2 heteroatoms. The zero-order chi connectivity index (χ0) is 12.9. The lowest BCUT2D eigenvalue weighted by Gasteiger charge is -2.16. The Morgan fingerprint density at radius 2 is 0.650 bits per heavy atom. The molecule has 0 saturated heterocycles. The summed E-state index contributed by atoms with van der Waals surface area (Å²) in [6.45, 7) is 0. The number of halogens is 1. The minimum Gasteiger partial charge on any atom is -0.147 e. The van der Waals surface area contributed by atoms with Crippen LogP contribution in [0.25, 0.3) is 0 Å². The first kappa shape index (κ1) is 14.6. The summed E-state index contributed by atoms with van der Waals surface area (Å²) in [4.78, 5) is 0. The Morgan fingerprint density at radius 3 is 0.900 bits per heavy atom. The Bertz CT molecular complexity index is 529. The molecule has 20 heavy (non-hydrogen) atoms. The van der Waals surface area contributed by atoms with Crippen LogP contribution >= 0.6 is 12.4 Å². The van der Waals surface area contributed by atoms with Gasteiger partial charge in [-0.15, -0.1) is 12.4 Å². The first-order chi connectivity index (χ1) is 9.45. The van der Waals surface area contributed by atoms with Crippen LogP contribution < -0.4 is 15.6 Å². The van der Waals surface area contributed by atoms with Crippen LogP contribution in [-0.2, 0) is 0 Å². The predicted molar refractivity (Wildman–Crippen MR) is 91.2 cm³/mol. The second-order valence-corrected chi connectivity index (χ2v) is 6.96. The fourth-order valence-electron chi connectivity index (χ4n) is 2.31. The highest BCUT2D eigenvalue weighted by molar-refractivity contribution is 6.95. The van der Waals surface area contributed by atoms with Gasteiger partial charge in [-0.05, 0) is 0 Å². The van der Waals surface area contributed by atoms with E-state index in [0.717, 1.165) is 0 Å². The molecule has 0 aliphatic carbocycles. The Hall–Kier alpha value is -1.83. The summed E-state index contributed by atoms with van der Waals surface area (Å²) in [6, 6.07) is 32.5. The highest BCUT2D eigenvalue weighted by atomic mass is 35.5. The number of hydrogen-bond acceptors (Lipinski definition) is 0. The van der Waals surface area contributed by atoms with Gasteiger partial charge in [-0.25, -0.2) is 0 Å². The summed E-state index contributed by atoms with van der Waals surface area (Å²) in [7, 11) is -0.877. The van der Waals surface area contributed by atoms with Gasteiger partial charge in [-0.1, -0.05) is 107 Å². The average Bonchev–Trinajstić information content (AvgIpc) is 2.51. The van der Waals surface area contributed by atoms with E-state index in [2.05, 4.69) is 91.0 Å². The highest BCUT2D eigenvalue weighted by Crippen LogP contribution is 1.95. The van der Waals surface area contributed by atoms with Crippen LogP contribution in [0.4, 0.5) is 0 Å². The minimum atomic E-state index is -0.877. The summed E-state index contributed by atoms with van der Waals surface area (Å²) in [5.74, 6) is 0. The molecule has 3 aromatic rings. The Kier molecular flexibility index (Phi) is 5.16. The van der Waals surface area contributed by atoms with E-state index in [1.54, 1.807) is 0 Å². The van der Waals surface area contributed by atoms with E-state index in [1.807, 2.05) is 0 Å². The van der Waals surface area contributed by atoms with Crippen molar-refractivity contribution >= 4 is 36.8 Å². The molecule has 3 aromatic carbocycles. The van der Waals surface area contributed by atoms with Gasteiger partial charge in [0, 0.05) is 0 Å². The van der Waals surface area contributed by atoms with E-state index >= 15 is 0 Å². The van der Waals surface area contributed by atoms with Gasteiger partial charge in [0.15, 0.2) is 8.80 Å². The van der Waals surface area contributed by atoms with Crippen LogP contribution in [0, 0.1) is 0 Å². The number of hydrogen-bond donors (Lipinski definition) is 0. The van der Waals surface area contributed by atoms with E-state index in [4.69, 9.17) is 0 Å². The second-order valence-electron chi connectivity index (χ2n) is 4.47. The molecule has 0 aliphatic heterocycles. The van der Waals surface area contributed by atoms with E-state index in [1.165, 1.54) is 15.6 Å². The third-order valence-corrected chi connectivity index (χ3v) is 5.92. The molecule has 0 atom stereocenters. The van der Waals surface area contributed by atoms with Crippen molar-refractivity contribution in [2.45, 2.75) is 0 Å². The molecule has 0 heterocycles. The molecule has 0 aliphatic rings. The quantitative estimate of drug-likeness (QED) is 0.515. The largest absolute Gasteiger partial charge is 0.154 e. The molecule has 0 nitrogen and oxygen atoms in total. The third kappa shape index (κ3) is 3.19. The maximum absolute atomic E-state index is 2.24. The van der Waals surface area contributed by atoms with Crippen LogP contribution in [0.2, 0.25) is 0 Å². The van der Waals surface area contributed by atoms with Gasteiger partial charge in [-0.2, -0.15) is 0 Å². The number of benzene rings is 3. The summed E-state index contributed by atoms with van der Waals surface area (Å²) >= 11 is 0. The van der Waals surface area contributed by atoms with Crippen molar-refractivity contribution in [2.24, 2.45) is 0 Å². The van der Waals surface area contributed by atoms with Gasteiger partial charge in [0.2, 0.25) is 0 Å². The van der Waals surface area contributed by atoms with Crippen molar-refractivity contribution in [3.63, 3.8) is 0 Å².